The van der Waals surface area contributed by atoms with Crippen LogP contribution in [-0.2, 0) is 4.74 Å². The van der Waals surface area contributed by atoms with Gasteiger partial charge in [0, 0.05) is 18.3 Å². The van der Waals surface area contributed by atoms with E-state index in [1.165, 1.54) is 0 Å². The minimum atomic E-state index is -0.391. The summed E-state index contributed by atoms with van der Waals surface area (Å²) in [6.07, 6.45) is 0.916. The maximum absolute atomic E-state index is 11.5. The largest absolute Gasteiger partial charge is 0.448 e. The molecule has 1 unspecified atom stereocenters. The number of nitrogens with zero attached hydrogens (tertiary/aromatic N) is 2. The highest BCUT2D eigenvalue weighted by atomic mass is 16.5. The molecule has 1 atom stereocenters. The molecule has 0 aliphatic heterocycles. The molecule has 0 saturated heterocycles. The zero-order valence-electron chi connectivity index (χ0n) is 12.7. The smallest absolute Gasteiger partial charge is 0.407 e. The van der Waals surface area contributed by atoms with Crippen LogP contribution in [0.4, 0.5) is 10.5 Å². The minimum Gasteiger partial charge on any atom is -0.448 e. The van der Waals surface area contributed by atoms with Crippen molar-refractivity contribution in [2.45, 2.75) is 32.7 Å². The molecule has 1 aromatic carbocycles. The molecule has 0 saturated carbocycles. The van der Waals surface area contributed by atoms with Crippen LogP contribution in [0.3, 0.4) is 0 Å². The number of para-hydroxylation sites is 1. The summed E-state index contributed by atoms with van der Waals surface area (Å²) in [4.78, 5) is 13.6. The number of amides is 1. The van der Waals surface area contributed by atoms with Crippen LogP contribution in [0.25, 0.3) is 0 Å². The minimum absolute atomic E-state index is 0.112. The second-order valence-electron chi connectivity index (χ2n) is 4.82. The first kappa shape index (κ1) is 16.8. The van der Waals surface area contributed by atoms with Gasteiger partial charge in [0.2, 0.25) is 0 Å². The van der Waals surface area contributed by atoms with Crippen LogP contribution in [0, 0.1) is 11.3 Å². The Balaban J connectivity index is 2.44. The Morgan fingerprint density at radius 1 is 1.38 bits per heavy atom. The first-order valence-corrected chi connectivity index (χ1v) is 7.27. The van der Waals surface area contributed by atoms with E-state index in [2.05, 4.69) is 11.4 Å². The van der Waals surface area contributed by atoms with E-state index < -0.39 is 6.09 Å². The highest BCUT2D eigenvalue weighted by Gasteiger charge is 2.09. The summed E-state index contributed by atoms with van der Waals surface area (Å²) in [6.45, 7) is 5.42. The number of benzene rings is 1. The normalized spacial score (nSPS) is 11.3. The first-order valence-electron chi connectivity index (χ1n) is 7.27. The van der Waals surface area contributed by atoms with Gasteiger partial charge in [0.05, 0.1) is 19.0 Å². The molecule has 114 valence electrons. The van der Waals surface area contributed by atoms with Gasteiger partial charge in [0.1, 0.15) is 6.61 Å². The maximum atomic E-state index is 11.5. The number of hydrogen-bond acceptors (Lipinski definition) is 4. The second kappa shape index (κ2) is 9.65. The number of carbonyl (C=O) groups excluding carboxylic acids is 1. The third-order valence-corrected chi connectivity index (χ3v) is 3.19. The molecule has 1 aromatic rings. The summed E-state index contributed by atoms with van der Waals surface area (Å²) < 4.78 is 5.17. The molecule has 21 heavy (non-hydrogen) atoms. The summed E-state index contributed by atoms with van der Waals surface area (Å²) in [5.41, 5.74) is 1.03. The Hall–Kier alpha value is -2.22. The zero-order chi connectivity index (χ0) is 15.5. The van der Waals surface area contributed by atoms with Gasteiger partial charge >= 0.3 is 6.09 Å². The predicted molar refractivity (Wildman–Crippen MR) is 83.1 cm³/mol. The summed E-state index contributed by atoms with van der Waals surface area (Å²) in [5.74, 6) is 0. The quantitative estimate of drug-likeness (QED) is 0.799. The van der Waals surface area contributed by atoms with Crippen LogP contribution in [-0.4, -0.2) is 31.8 Å². The van der Waals surface area contributed by atoms with E-state index in [0.29, 0.717) is 26.1 Å². The first-order chi connectivity index (χ1) is 10.2. The summed E-state index contributed by atoms with van der Waals surface area (Å²) >= 11 is 0. The number of alkyl carbamates (subject to hydrolysis) is 1. The van der Waals surface area contributed by atoms with Crippen molar-refractivity contribution >= 4 is 11.8 Å². The number of carbonyl (C=O) groups is 1. The summed E-state index contributed by atoms with van der Waals surface area (Å²) in [6, 6.07) is 12.1. The molecule has 0 aliphatic rings. The molecule has 1 N–H and O–H groups in total. The number of ether oxygens (including phenoxy) is 1. The van der Waals surface area contributed by atoms with Gasteiger partial charge in [-0.05, 0) is 25.5 Å². The molecule has 0 aliphatic carbocycles. The van der Waals surface area contributed by atoms with Gasteiger partial charge < -0.3 is 15.0 Å². The van der Waals surface area contributed by atoms with Crippen molar-refractivity contribution in [3.8, 4) is 6.07 Å². The molecule has 0 bridgehead atoms. The molecule has 5 nitrogen and oxygen atoms in total. The van der Waals surface area contributed by atoms with Crippen LogP contribution in [0.15, 0.2) is 30.3 Å². The zero-order valence-corrected chi connectivity index (χ0v) is 12.7. The van der Waals surface area contributed by atoms with Crippen molar-refractivity contribution in [3.05, 3.63) is 30.3 Å². The van der Waals surface area contributed by atoms with Crippen LogP contribution >= 0.6 is 0 Å². The molecule has 0 fully saturated rings. The highest BCUT2D eigenvalue weighted by Crippen LogP contribution is 2.13. The van der Waals surface area contributed by atoms with Crippen molar-refractivity contribution in [1.29, 1.82) is 5.26 Å². The van der Waals surface area contributed by atoms with Gasteiger partial charge in [-0.25, -0.2) is 4.79 Å². The molecule has 1 amide bonds. The molecule has 1 rings (SSSR count). The van der Waals surface area contributed by atoms with Crippen LogP contribution in [0.1, 0.15) is 26.7 Å². The van der Waals surface area contributed by atoms with E-state index in [1.54, 1.807) is 0 Å². The topological polar surface area (TPSA) is 65.4 Å². The lowest BCUT2D eigenvalue weighted by Crippen LogP contribution is -2.35. The molecular formula is C16H23N3O2. The number of nitrogens with one attached hydrogen (secondary N) is 1. The standard InChI is InChI=1S/C16H23N3O2/c1-3-14(2)18-16(20)21-13-12-19(11-7-10-17)15-8-5-4-6-9-15/h4-6,8-9,14H,3,7,11-13H2,1-2H3,(H,18,20). The number of rotatable bonds is 8. The van der Waals surface area contributed by atoms with Crippen molar-refractivity contribution in [1.82, 2.24) is 5.32 Å². The lowest BCUT2D eigenvalue weighted by atomic mass is 10.2. The molecule has 0 spiro atoms. The van der Waals surface area contributed by atoms with Gasteiger partial charge in [-0.2, -0.15) is 5.26 Å². The lowest BCUT2D eigenvalue weighted by Gasteiger charge is -2.23. The van der Waals surface area contributed by atoms with Gasteiger partial charge in [-0.3, -0.25) is 0 Å². The van der Waals surface area contributed by atoms with E-state index in [1.807, 2.05) is 49.1 Å². The van der Waals surface area contributed by atoms with E-state index in [9.17, 15) is 4.79 Å². The van der Waals surface area contributed by atoms with Crippen LogP contribution in [0.2, 0.25) is 0 Å². The number of nitriles is 1. The third-order valence-electron chi connectivity index (χ3n) is 3.19. The van der Waals surface area contributed by atoms with Crippen LogP contribution < -0.4 is 10.2 Å². The van der Waals surface area contributed by atoms with E-state index in [-0.39, 0.29) is 6.04 Å². The molecule has 0 radical (unpaired) electrons. The SMILES string of the molecule is CCC(C)NC(=O)OCCN(CCC#N)c1ccccc1. The molecule has 0 aromatic heterocycles. The number of anilines is 1. The van der Waals surface area contributed by atoms with Crippen LogP contribution in [0.5, 0.6) is 0 Å². The summed E-state index contributed by atoms with van der Waals surface area (Å²) in [5, 5.41) is 11.5. The average molecular weight is 289 g/mol. The Morgan fingerprint density at radius 3 is 2.71 bits per heavy atom. The van der Waals surface area contributed by atoms with Crippen molar-refractivity contribution in [2.24, 2.45) is 0 Å². The Morgan fingerprint density at radius 2 is 2.10 bits per heavy atom. The van der Waals surface area contributed by atoms with Gasteiger partial charge in [-0.15, -0.1) is 0 Å². The number of hydrogen-bond donors (Lipinski definition) is 1. The van der Waals surface area contributed by atoms with E-state index in [0.717, 1.165) is 12.1 Å². The average Bonchev–Trinajstić information content (AvgIpc) is 2.51. The molecule has 5 heteroatoms. The van der Waals surface area contributed by atoms with E-state index in [4.69, 9.17) is 10.00 Å². The fourth-order valence-electron chi connectivity index (χ4n) is 1.79. The van der Waals surface area contributed by atoms with E-state index >= 15 is 0 Å². The van der Waals surface area contributed by atoms with Crippen molar-refractivity contribution in [3.63, 3.8) is 0 Å². The monoisotopic (exact) mass is 289 g/mol. The maximum Gasteiger partial charge on any atom is 0.407 e. The highest BCUT2D eigenvalue weighted by molar-refractivity contribution is 5.67. The fourth-order valence-corrected chi connectivity index (χ4v) is 1.79. The lowest BCUT2D eigenvalue weighted by molar-refractivity contribution is 0.145. The predicted octanol–water partition coefficient (Wildman–Crippen LogP) is 2.93. The Bertz CT molecular complexity index is 456. The Kier molecular flexibility index (Phi) is 7.73. The van der Waals surface area contributed by atoms with Gasteiger partial charge in [0.25, 0.3) is 0 Å². The van der Waals surface area contributed by atoms with Crippen molar-refractivity contribution < 1.29 is 9.53 Å². The Labute approximate surface area is 126 Å². The second-order valence-corrected chi connectivity index (χ2v) is 4.82. The summed E-state index contributed by atoms with van der Waals surface area (Å²) in [7, 11) is 0. The van der Waals surface area contributed by atoms with Crippen molar-refractivity contribution in [2.75, 3.05) is 24.6 Å². The third kappa shape index (κ3) is 6.66. The van der Waals surface area contributed by atoms with Gasteiger partial charge in [0.15, 0.2) is 0 Å². The van der Waals surface area contributed by atoms with Gasteiger partial charge in [-0.1, -0.05) is 25.1 Å². The fraction of sp³-hybridized carbons (Fsp3) is 0.500. The molecule has 0 heterocycles. The molecular weight excluding hydrogens is 266 g/mol.